The second-order valence-electron chi connectivity index (χ2n) is 10.2. The normalized spacial score (nSPS) is 18.3. The fraction of sp³-hybridized carbons (Fsp3) is 0.379. The molecule has 5 heterocycles. The third-order valence-electron chi connectivity index (χ3n) is 7.46. The Hall–Kier alpha value is -3.45. The zero-order valence-electron chi connectivity index (χ0n) is 23.0. The number of thiocarbonyl (C=S) groups is 1. The van der Waals surface area contributed by atoms with Gasteiger partial charge in [-0.3, -0.25) is 23.8 Å². The molecule has 3 aliphatic rings. The van der Waals surface area contributed by atoms with Crippen LogP contribution in [0.2, 0.25) is 0 Å². The number of aryl methyl sites for hydroxylation is 1. The van der Waals surface area contributed by atoms with Gasteiger partial charge in [0.15, 0.2) is 11.5 Å². The highest BCUT2D eigenvalue weighted by molar-refractivity contribution is 8.26. The van der Waals surface area contributed by atoms with Crippen LogP contribution in [-0.4, -0.2) is 82.6 Å². The smallest absolute Gasteiger partial charge is 0.267 e. The van der Waals surface area contributed by atoms with E-state index in [-0.39, 0.29) is 18.3 Å². The average molecular weight is 594 g/mol. The van der Waals surface area contributed by atoms with E-state index in [1.807, 2.05) is 31.2 Å². The van der Waals surface area contributed by atoms with Crippen LogP contribution >= 0.6 is 24.0 Å². The summed E-state index contributed by atoms with van der Waals surface area (Å²) in [6, 6.07) is 9.83. The molecule has 0 unspecified atom stereocenters. The predicted molar refractivity (Wildman–Crippen MR) is 163 cm³/mol. The zero-order valence-corrected chi connectivity index (χ0v) is 24.6. The van der Waals surface area contributed by atoms with Crippen LogP contribution < -0.4 is 19.9 Å². The third-order valence-corrected chi connectivity index (χ3v) is 8.84. The van der Waals surface area contributed by atoms with Gasteiger partial charge >= 0.3 is 0 Å². The summed E-state index contributed by atoms with van der Waals surface area (Å²) < 4.78 is 18.1. The van der Waals surface area contributed by atoms with Gasteiger partial charge in [-0.2, -0.15) is 0 Å². The first-order valence-corrected chi connectivity index (χ1v) is 14.8. The molecule has 10 nitrogen and oxygen atoms in total. The summed E-state index contributed by atoms with van der Waals surface area (Å²) >= 11 is 6.72. The lowest BCUT2D eigenvalue weighted by atomic mass is 10.1. The maximum Gasteiger partial charge on any atom is 0.267 e. The van der Waals surface area contributed by atoms with E-state index >= 15 is 0 Å². The molecule has 6 rings (SSSR count). The summed E-state index contributed by atoms with van der Waals surface area (Å²) in [5.74, 6) is 1.97. The molecular formula is C29H31N5O5S2. The highest BCUT2D eigenvalue weighted by Crippen LogP contribution is 2.35. The number of aromatic nitrogens is 2. The van der Waals surface area contributed by atoms with Crippen molar-refractivity contribution in [3.05, 3.63) is 68.5 Å². The lowest BCUT2D eigenvalue weighted by Gasteiger charge is -2.36. The molecule has 3 aromatic rings. The van der Waals surface area contributed by atoms with E-state index in [1.165, 1.54) is 11.8 Å². The SMILES string of the molecule is COCCCN1C(=O)C(=Cc2c(N3CCN(Cc4ccc5c(c4)OCO5)CC3)nc3c(C)cccn3c2=O)SC1=S. The van der Waals surface area contributed by atoms with Crippen molar-refractivity contribution in [3.63, 3.8) is 0 Å². The Labute approximate surface area is 247 Å². The highest BCUT2D eigenvalue weighted by atomic mass is 32.2. The van der Waals surface area contributed by atoms with Crippen molar-refractivity contribution in [2.75, 3.05) is 58.1 Å². The van der Waals surface area contributed by atoms with Gasteiger partial charge in [-0.1, -0.05) is 36.1 Å². The minimum absolute atomic E-state index is 0.190. The van der Waals surface area contributed by atoms with Crippen LogP contribution in [0.25, 0.3) is 11.7 Å². The molecule has 0 radical (unpaired) electrons. The molecule has 2 fully saturated rings. The number of rotatable bonds is 8. The van der Waals surface area contributed by atoms with Gasteiger partial charge in [-0.05, 0) is 48.7 Å². The number of methoxy groups -OCH3 is 1. The number of hydrogen-bond donors (Lipinski definition) is 0. The van der Waals surface area contributed by atoms with Gasteiger partial charge in [0.2, 0.25) is 6.79 Å². The van der Waals surface area contributed by atoms with Crippen LogP contribution in [0.4, 0.5) is 5.82 Å². The Morgan fingerprint density at radius 3 is 2.73 bits per heavy atom. The lowest BCUT2D eigenvalue weighted by molar-refractivity contribution is -0.122. The van der Waals surface area contributed by atoms with Gasteiger partial charge in [0.05, 0.1) is 10.5 Å². The van der Waals surface area contributed by atoms with E-state index in [4.69, 9.17) is 31.4 Å². The minimum atomic E-state index is -0.207. The summed E-state index contributed by atoms with van der Waals surface area (Å²) in [4.78, 5) is 38.6. The maximum atomic E-state index is 13.8. The van der Waals surface area contributed by atoms with Crippen LogP contribution in [0.5, 0.6) is 11.5 Å². The molecule has 0 aliphatic carbocycles. The summed E-state index contributed by atoms with van der Waals surface area (Å²) in [7, 11) is 1.63. The number of carbonyl (C=O) groups excluding carboxylic acids is 1. The maximum absolute atomic E-state index is 13.8. The van der Waals surface area contributed by atoms with Crippen molar-refractivity contribution in [3.8, 4) is 11.5 Å². The second-order valence-corrected chi connectivity index (χ2v) is 11.8. The summed E-state index contributed by atoms with van der Waals surface area (Å²) in [5.41, 5.74) is 2.87. The molecule has 0 saturated carbocycles. The quantitative estimate of drug-likeness (QED) is 0.220. The van der Waals surface area contributed by atoms with E-state index < -0.39 is 0 Å². The number of nitrogens with zero attached hydrogens (tertiary/aromatic N) is 5. The Bertz CT molecular complexity index is 1600. The zero-order chi connectivity index (χ0) is 28.5. The van der Waals surface area contributed by atoms with E-state index in [1.54, 1.807) is 28.7 Å². The highest BCUT2D eigenvalue weighted by Gasteiger charge is 2.33. The predicted octanol–water partition coefficient (Wildman–Crippen LogP) is 3.29. The molecule has 0 atom stereocenters. The molecule has 0 N–H and O–H groups in total. The second kappa shape index (κ2) is 11.8. The first kappa shape index (κ1) is 27.7. The molecule has 2 saturated heterocycles. The van der Waals surface area contributed by atoms with E-state index in [0.717, 1.165) is 42.3 Å². The first-order valence-electron chi connectivity index (χ1n) is 13.5. The van der Waals surface area contributed by atoms with Gasteiger partial charge < -0.3 is 19.1 Å². The number of fused-ring (bicyclic) bond motifs is 2. The minimum Gasteiger partial charge on any atom is -0.454 e. The molecule has 0 bridgehead atoms. The molecule has 214 valence electrons. The topological polar surface area (TPSA) is 88.8 Å². The molecule has 41 heavy (non-hydrogen) atoms. The monoisotopic (exact) mass is 593 g/mol. The number of piperazine rings is 1. The van der Waals surface area contributed by atoms with Gasteiger partial charge in [0.1, 0.15) is 15.8 Å². The van der Waals surface area contributed by atoms with E-state index in [9.17, 15) is 9.59 Å². The van der Waals surface area contributed by atoms with Crippen molar-refractivity contribution in [2.45, 2.75) is 19.9 Å². The molecular weight excluding hydrogens is 562 g/mol. The Morgan fingerprint density at radius 1 is 1.12 bits per heavy atom. The molecule has 2 aromatic heterocycles. The molecule has 1 amide bonds. The van der Waals surface area contributed by atoms with E-state index in [0.29, 0.717) is 58.9 Å². The number of thioether (sulfide) groups is 1. The van der Waals surface area contributed by atoms with Crippen LogP contribution in [0.3, 0.4) is 0 Å². The number of benzene rings is 1. The van der Waals surface area contributed by atoms with Crippen LogP contribution in [0.15, 0.2) is 46.2 Å². The number of ether oxygens (including phenoxy) is 3. The summed E-state index contributed by atoms with van der Waals surface area (Å²) in [5, 5.41) is 0. The Kier molecular flexibility index (Phi) is 7.98. The van der Waals surface area contributed by atoms with Crippen LogP contribution in [0, 0.1) is 6.92 Å². The van der Waals surface area contributed by atoms with Crippen LogP contribution in [-0.2, 0) is 16.1 Å². The van der Waals surface area contributed by atoms with Gasteiger partial charge in [-0.25, -0.2) is 4.98 Å². The van der Waals surface area contributed by atoms with E-state index in [2.05, 4.69) is 15.9 Å². The third kappa shape index (κ3) is 5.56. The lowest BCUT2D eigenvalue weighted by Crippen LogP contribution is -2.47. The van der Waals surface area contributed by atoms with Crippen LogP contribution in [0.1, 0.15) is 23.1 Å². The number of carbonyl (C=O) groups is 1. The van der Waals surface area contributed by atoms with Crippen molar-refractivity contribution in [2.24, 2.45) is 0 Å². The fourth-order valence-corrected chi connectivity index (χ4v) is 6.56. The summed E-state index contributed by atoms with van der Waals surface area (Å²) in [6.07, 6.45) is 4.07. The Balaban J connectivity index is 1.27. The van der Waals surface area contributed by atoms with Gasteiger partial charge in [0, 0.05) is 59.2 Å². The number of hydrogen-bond acceptors (Lipinski definition) is 10. The molecule has 3 aliphatic heterocycles. The average Bonchev–Trinajstić information content (AvgIpc) is 3.54. The van der Waals surface area contributed by atoms with Gasteiger partial charge in [-0.15, -0.1) is 0 Å². The van der Waals surface area contributed by atoms with Crippen molar-refractivity contribution in [1.82, 2.24) is 19.2 Å². The van der Waals surface area contributed by atoms with Gasteiger partial charge in [0.25, 0.3) is 11.5 Å². The molecule has 12 heteroatoms. The largest absolute Gasteiger partial charge is 0.454 e. The first-order chi connectivity index (χ1) is 19.9. The number of pyridine rings is 1. The molecule has 1 aromatic carbocycles. The standard InChI is InChI=1S/C29H31N5O5S2/c1-19-5-3-8-33-25(19)30-26(21(27(33)35)16-24-28(36)34(29(40)41-24)9-4-14-37-2)32-12-10-31(11-13-32)17-20-6-7-22-23(15-20)39-18-38-22/h3,5-8,15-16H,4,9-14,17-18H2,1-2H3. The summed E-state index contributed by atoms with van der Waals surface area (Å²) in [6.45, 7) is 6.98. The van der Waals surface area contributed by atoms with Crippen molar-refractivity contribution < 1.29 is 19.0 Å². The molecule has 0 spiro atoms. The van der Waals surface area contributed by atoms with Crippen molar-refractivity contribution in [1.29, 1.82) is 0 Å². The number of anilines is 1. The number of amides is 1. The Morgan fingerprint density at radius 2 is 1.93 bits per heavy atom. The fourth-order valence-electron chi connectivity index (χ4n) is 5.27. The van der Waals surface area contributed by atoms with Crippen molar-refractivity contribution >= 4 is 51.7 Å².